The van der Waals surface area contributed by atoms with Crippen molar-refractivity contribution in [1.82, 2.24) is 9.97 Å². The fraction of sp³-hybridized carbons (Fsp3) is 0.0455. The number of thioether (sulfide) groups is 1. The van der Waals surface area contributed by atoms with E-state index in [0.29, 0.717) is 38.0 Å². The number of carbonyl (C=O) groups is 1. The highest BCUT2D eigenvalue weighted by atomic mass is 35.5. The van der Waals surface area contributed by atoms with Crippen LogP contribution in [0.5, 0.6) is 0 Å². The van der Waals surface area contributed by atoms with Gasteiger partial charge in [-0.2, -0.15) is 0 Å². The molecule has 0 bridgehead atoms. The van der Waals surface area contributed by atoms with Crippen LogP contribution < -0.4 is 5.56 Å². The highest BCUT2D eigenvalue weighted by Crippen LogP contribution is 2.22. The third kappa shape index (κ3) is 3.86. The van der Waals surface area contributed by atoms with Crippen LogP contribution in [-0.4, -0.2) is 15.8 Å². The van der Waals surface area contributed by atoms with Crippen LogP contribution in [0.3, 0.4) is 0 Å². The molecule has 0 aliphatic rings. The Labute approximate surface area is 170 Å². The number of H-pyrrole nitrogens is 1. The third-order valence-corrected chi connectivity index (χ3v) is 5.58. The first-order valence-electron chi connectivity index (χ1n) is 8.62. The molecule has 0 amide bonds. The van der Waals surface area contributed by atoms with Gasteiger partial charge in [0.1, 0.15) is 0 Å². The minimum atomic E-state index is -0.145. The summed E-state index contributed by atoms with van der Waals surface area (Å²) in [6.07, 6.45) is 0. The maximum absolute atomic E-state index is 12.6. The third-order valence-electron chi connectivity index (χ3n) is 4.30. The predicted molar refractivity (Wildman–Crippen MR) is 113 cm³/mol. The zero-order valence-corrected chi connectivity index (χ0v) is 16.3. The molecule has 0 aliphatic heterocycles. The van der Waals surface area contributed by atoms with Crippen LogP contribution in [-0.2, 0) is 5.75 Å². The number of hydrogen-bond acceptors (Lipinski definition) is 4. The van der Waals surface area contributed by atoms with Crippen molar-refractivity contribution in [2.75, 3.05) is 0 Å². The van der Waals surface area contributed by atoms with Gasteiger partial charge in [0.25, 0.3) is 5.56 Å². The van der Waals surface area contributed by atoms with Crippen molar-refractivity contribution in [2.24, 2.45) is 0 Å². The molecule has 1 aromatic heterocycles. The lowest BCUT2D eigenvalue weighted by Gasteiger charge is -2.06. The molecule has 0 atom stereocenters. The second-order valence-corrected chi connectivity index (χ2v) is 7.55. The molecule has 6 heteroatoms. The highest BCUT2D eigenvalue weighted by molar-refractivity contribution is 7.98. The molecule has 4 nitrogen and oxygen atoms in total. The Bertz CT molecular complexity index is 1220. The predicted octanol–water partition coefficient (Wildman–Crippen LogP) is 5.10. The number of ketones is 1. The fourth-order valence-electron chi connectivity index (χ4n) is 2.84. The van der Waals surface area contributed by atoms with Crippen LogP contribution in [0, 0.1) is 0 Å². The Morgan fingerprint density at radius 3 is 2.46 bits per heavy atom. The molecule has 1 heterocycles. The molecule has 0 saturated carbocycles. The molecule has 138 valence electrons. The van der Waals surface area contributed by atoms with E-state index < -0.39 is 0 Å². The molecule has 0 fully saturated rings. The number of para-hydroxylation sites is 1. The summed E-state index contributed by atoms with van der Waals surface area (Å²) in [7, 11) is 0. The molecule has 0 unspecified atom stereocenters. The number of fused-ring (bicyclic) bond motifs is 1. The van der Waals surface area contributed by atoms with E-state index in [1.807, 2.05) is 30.3 Å². The van der Waals surface area contributed by atoms with E-state index in [-0.39, 0.29) is 11.3 Å². The Balaban J connectivity index is 1.49. The van der Waals surface area contributed by atoms with Crippen molar-refractivity contribution >= 4 is 40.0 Å². The Morgan fingerprint density at radius 2 is 1.68 bits per heavy atom. The molecule has 28 heavy (non-hydrogen) atoms. The number of aromatic nitrogens is 2. The molecule has 0 spiro atoms. The second-order valence-electron chi connectivity index (χ2n) is 6.18. The monoisotopic (exact) mass is 406 g/mol. The lowest BCUT2D eigenvalue weighted by Crippen LogP contribution is -2.08. The number of carbonyl (C=O) groups excluding carboxylic acids is 1. The number of halogens is 1. The first kappa shape index (κ1) is 18.5. The molecule has 0 saturated heterocycles. The van der Waals surface area contributed by atoms with Crippen LogP contribution in [0.2, 0.25) is 5.02 Å². The van der Waals surface area contributed by atoms with Gasteiger partial charge in [0, 0.05) is 16.9 Å². The van der Waals surface area contributed by atoms with Gasteiger partial charge < -0.3 is 4.98 Å². The van der Waals surface area contributed by atoms with E-state index in [1.54, 1.807) is 42.5 Å². The second kappa shape index (κ2) is 8.00. The minimum Gasteiger partial charge on any atom is -0.301 e. The summed E-state index contributed by atoms with van der Waals surface area (Å²) in [5, 5.41) is 1.59. The van der Waals surface area contributed by atoms with Gasteiger partial charge in [0.2, 0.25) is 0 Å². The number of benzene rings is 3. The maximum Gasteiger partial charge on any atom is 0.259 e. The van der Waals surface area contributed by atoms with Gasteiger partial charge >= 0.3 is 0 Å². The van der Waals surface area contributed by atoms with Gasteiger partial charge in [-0.3, -0.25) is 9.59 Å². The minimum absolute atomic E-state index is 0.106. The SMILES string of the molecule is O=C(c1ccc(CSc2nc3ccccc3c(=O)[nH]2)cc1)c1ccccc1Cl. The topological polar surface area (TPSA) is 62.8 Å². The zero-order valence-electron chi connectivity index (χ0n) is 14.7. The van der Waals surface area contributed by atoms with E-state index in [9.17, 15) is 9.59 Å². The molecular formula is C22H15ClN2O2S. The molecule has 1 N–H and O–H groups in total. The van der Waals surface area contributed by atoms with Gasteiger partial charge in [0.15, 0.2) is 10.9 Å². The largest absolute Gasteiger partial charge is 0.301 e. The Hall–Kier alpha value is -2.89. The number of nitrogens with one attached hydrogen (secondary N) is 1. The van der Waals surface area contributed by atoms with E-state index >= 15 is 0 Å². The average molecular weight is 407 g/mol. The van der Waals surface area contributed by atoms with Crippen molar-refractivity contribution in [2.45, 2.75) is 10.9 Å². The first-order valence-corrected chi connectivity index (χ1v) is 9.98. The van der Waals surface area contributed by atoms with Crippen molar-refractivity contribution in [1.29, 1.82) is 0 Å². The highest BCUT2D eigenvalue weighted by Gasteiger charge is 2.12. The molecule has 3 aromatic carbocycles. The van der Waals surface area contributed by atoms with E-state index in [2.05, 4.69) is 9.97 Å². The number of hydrogen-bond donors (Lipinski definition) is 1. The molecule has 4 rings (SSSR count). The summed E-state index contributed by atoms with van der Waals surface area (Å²) < 4.78 is 0. The van der Waals surface area contributed by atoms with Gasteiger partial charge in [-0.1, -0.05) is 71.9 Å². The molecule has 0 radical (unpaired) electrons. The van der Waals surface area contributed by atoms with E-state index in [1.165, 1.54) is 11.8 Å². The van der Waals surface area contributed by atoms with Gasteiger partial charge in [-0.15, -0.1) is 0 Å². The van der Waals surface area contributed by atoms with Crippen molar-refractivity contribution in [3.05, 3.63) is 105 Å². The smallest absolute Gasteiger partial charge is 0.259 e. The lowest BCUT2D eigenvalue weighted by atomic mass is 10.0. The van der Waals surface area contributed by atoms with Crippen molar-refractivity contribution in [3.63, 3.8) is 0 Å². The van der Waals surface area contributed by atoms with Crippen LogP contribution in [0.25, 0.3) is 10.9 Å². The lowest BCUT2D eigenvalue weighted by molar-refractivity contribution is 0.103. The number of aromatic amines is 1. The quantitative estimate of drug-likeness (QED) is 0.284. The van der Waals surface area contributed by atoms with Crippen molar-refractivity contribution < 1.29 is 4.79 Å². The number of nitrogens with zero attached hydrogens (tertiary/aromatic N) is 1. The Kier molecular flexibility index (Phi) is 5.28. The van der Waals surface area contributed by atoms with E-state index in [4.69, 9.17) is 11.6 Å². The average Bonchev–Trinajstić information content (AvgIpc) is 2.73. The summed E-state index contributed by atoms with van der Waals surface area (Å²) in [6.45, 7) is 0. The van der Waals surface area contributed by atoms with Crippen LogP contribution in [0.4, 0.5) is 0 Å². The molecular weight excluding hydrogens is 392 g/mol. The molecule has 4 aromatic rings. The standard InChI is InChI=1S/C22H15ClN2O2S/c23-18-7-3-1-5-16(18)20(26)15-11-9-14(10-12-15)13-28-22-24-19-8-4-2-6-17(19)21(27)25-22/h1-12H,13H2,(H,24,25,27). The zero-order chi connectivity index (χ0) is 19.5. The Morgan fingerprint density at radius 1 is 0.964 bits per heavy atom. The summed E-state index contributed by atoms with van der Waals surface area (Å²) in [5.41, 5.74) is 2.63. The summed E-state index contributed by atoms with van der Waals surface area (Å²) in [4.78, 5) is 32.0. The summed E-state index contributed by atoms with van der Waals surface area (Å²) >= 11 is 7.55. The summed E-state index contributed by atoms with van der Waals surface area (Å²) in [5.74, 6) is 0.521. The van der Waals surface area contributed by atoms with Gasteiger partial charge in [-0.25, -0.2) is 4.98 Å². The van der Waals surface area contributed by atoms with Crippen molar-refractivity contribution in [3.8, 4) is 0 Å². The van der Waals surface area contributed by atoms with Crippen LogP contribution >= 0.6 is 23.4 Å². The normalized spacial score (nSPS) is 10.9. The molecule has 0 aliphatic carbocycles. The van der Waals surface area contributed by atoms with Crippen LogP contribution in [0.1, 0.15) is 21.5 Å². The first-order chi connectivity index (χ1) is 13.6. The summed E-state index contributed by atoms with van der Waals surface area (Å²) in [6, 6.07) is 21.6. The fourth-order valence-corrected chi connectivity index (χ4v) is 3.88. The maximum atomic E-state index is 12.6. The van der Waals surface area contributed by atoms with E-state index in [0.717, 1.165) is 5.56 Å². The van der Waals surface area contributed by atoms with Gasteiger partial charge in [0.05, 0.1) is 15.9 Å². The number of rotatable bonds is 5. The van der Waals surface area contributed by atoms with Gasteiger partial charge in [-0.05, 0) is 29.8 Å². The van der Waals surface area contributed by atoms with Crippen LogP contribution in [0.15, 0.2) is 82.7 Å².